The molecule has 1 aliphatic carbocycles. The molecule has 0 saturated heterocycles. The summed E-state index contributed by atoms with van der Waals surface area (Å²) in [4.78, 5) is 0. The van der Waals surface area contributed by atoms with E-state index in [9.17, 15) is 0 Å². The summed E-state index contributed by atoms with van der Waals surface area (Å²) in [5, 5.41) is 2.93. The quantitative estimate of drug-likeness (QED) is 0.540. The highest BCUT2D eigenvalue weighted by Gasteiger charge is 2.19. The van der Waals surface area contributed by atoms with Crippen LogP contribution in [0.1, 0.15) is 75.3 Å². The fourth-order valence-corrected chi connectivity index (χ4v) is 3.98. The molecule has 0 aromatic heterocycles. The van der Waals surface area contributed by atoms with Gasteiger partial charge < -0.3 is 0 Å². The van der Waals surface area contributed by atoms with Gasteiger partial charge in [0, 0.05) is 0 Å². The zero-order valence-electron chi connectivity index (χ0n) is 13.4. The van der Waals surface area contributed by atoms with Gasteiger partial charge in [0.25, 0.3) is 0 Å². The largest absolute Gasteiger partial charge is 0.0654 e. The van der Waals surface area contributed by atoms with Gasteiger partial charge in [0.05, 0.1) is 0 Å². The van der Waals surface area contributed by atoms with Crippen molar-refractivity contribution in [3.8, 4) is 0 Å². The van der Waals surface area contributed by atoms with Gasteiger partial charge in [-0.3, -0.25) is 0 Å². The molecule has 0 spiro atoms. The summed E-state index contributed by atoms with van der Waals surface area (Å²) in [6.07, 6.45) is 12.4. The Hall–Kier alpha value is -1.30. The molecule has 112 valence electrons. The van der Waals surface area contributed by atoms with E-state index in [1.54, 1.807) is 11.1 Å². The van der Waals surface area contributed by atoms with Gasteiger partial charge in [0.1, 0.15) is 0 Å². The third-order valence-corrected chi connectivity index (χ3v) is 5.15. The number of hydrogen-bond acceptors (Lipinski definition) is 0. The highest BCUT2D eigenvalue weighted by molar-refractivity contribution is 5.87. The molecular formula is C21H28. The maximum absolute atomic E-state index is 2.44. The van der Waals surface area contributed by atoms with Crippen LogP contribution in [0.2, 0.25) is 0 Å². The molecule has 0 unspecified atom stereocenters. The predicted molar refractivity (Wildman–Crippen MR) is 93.0 cm³/mol. The number of rotatable bonds is 5. The lowest BCUT2D eigenvalue weighted by atomic mass is 9.80. The second-order valence-electron chi connectivity index (χ2n) is 6.65. The molecule has 0 aliphatic heterocycles. The van der Waals surface area contributed by atoms with Crippen LogP contribution in [0.5, 0.6) is 0 Å². The summed E-state index contributed by atoms with van der Waals surface area (Å²) in [7, 11) is 0. The van der Waals surface area contributed by atoms with Gasteiger partial charge in [-0.1, -0.05) is 75.4 Å². The fraction of sp³-hybridized carbons (Fsp3) is 0.524. The van der Waals surface area contributed by atoms with Crippen LogP contribution in [0.25, 0.3) is 10.8 Å². The fourth-order valence-electron chi connectivity index (χ4n) is 3.98. The Balaban J connectivity index is 1.98. The van der Waals surface area contributed by atoms with Crippen molar-refractivity contribution in [2.24, 2.45) is 0 Å². The molecule has 1 aliphatic rings. The van der Waals surface area contributed by atoms with Gasteiger partial charge in [-0.05, 0) is 53.5 Å². The summed E-state index contributed by atoms with van der Waals surface area (Å²) in [6.45, 7) is 2.30. The van der Waals surface area contributed by atoms with E-state index in [1.165, 1.54) is 68.6 Å². The number of hydrogen-bond donors (Lipinski definition) is 0. The Bertz CT molecular complexity index is 576. The van der Waals surface area contributed by atoms with Gasteiger partial charge in [0.2, 0.25) is 0 Å². The van der Waals surface area contributed by atoms with Crippen LogP contribution in [-0.2, 0) is 6.42 Å². The first-order valence-electron chi connectivity index (χ1n) is 8.90. The minimum atomic E-state index is 0.819. The minimum Gasteiger partial charge on any atom is -0.0654 e. The van der Waals surface area contributed by atoms with Crippen molar-refractivity contribution >= 4 is 10.8 Å². The van der Waals surface area contributed by atoms with Gasteiger partial charge in [-0.2, -0.15) is 0 Å². The van der Waals surface area contributed by atoms with E-state index in [4.69, 9.17) is 0 Å². The van der Waals surface area contributed by atoms with Crippen molar-refractivity contribution in [1.29, 1.82) is 0 Å². The molecule has 0 atom stereocenters. The van der Waals surface area contributed by atoms with Crippen LogP contribution >= 0.6 is 0 Å². The number of fused-ring (bicyclic) bond motifs is 1. The third-order valence-electron chi connectivity index (χ3n) is 5.15. The third kappa shape index (κ3) is 3.31. The first kappa shape index (κ1) is 14.6. The minimum absolute atomic E-state index is 0.819. The van der Waals surface area contributed by atoms with Gasteiger partial charge >= 0.3 is 0 Å². The van der Waals surface area contributed by atoms with Crippen molar-refractivity contribution in [1.82, 2.24) is 0 Å². The van der Waals surface area contributed by atoms with Gasteiger partial charge in [-0.15, -0.1) is 0 Å². The van der Waals surface area contributed by atoms with E-state index in [1.807, 2.05) is 0 Å². The highest BCUT2D eigenvalue weighted by atomic mass is 14.2. The average Bonchev–Trinajstić information content (AvgIpc) is 2.56. The lowest BCUT2D eigenvalue weighted by molar-refractivity contribution is 0.441. The number of unbranched alkanes of at least 4 members (excludes halogenated alkanes) is 2. The molecule has 0 radical (unpaired) electrons. The Morgan fingerprint density at radius 1 is 0.905 bits per heavy atom. The summed E-state index contributed by atoms with van der Waals surface area (Å²) in [6, 6.07) is 13.8. The summed E-state index contributed by atoms with van der Waals surface area (Å²) in [5.74, 6) is 0.819. The molecule has 0 heterocycles. The first-order chi connectivity index (χ1) is 10.4. The average molecular weight is 280 g/mol. The Labute approximate surface area is 129 Å². The van der Waals surface area contributed by atoms with E-state index < -0.39 is 0 Å². The standard InChI is InChI=1S/C21H28/c1-2-3-5-14-21-19-13-9-8-12-18(19)15-16-20(21)17-10-6-4-7-11-17/h8-9,12-13,15-17H,2-7,10-11,14H2,1H3. The van der Waals surface area contributed by atoms with Gasteiger partial charge in [0.15, 0.2) is 0 Å². The van der Waals surface area contributed by atoms with Crippen molar-refractivity contribution in [2.75, 3.05) is 0 Å². The SMILES string of the molecule is CCCCCc1c(C2CCCCC2)ccc2ccccc12. The van der Waals surface area contributed by atoms with Crippen LogP contribution in [0.4, 0.5) is 0 Å². The summed E-state index contributed by atoms with van der Waals surface area (Å²) >= 11 is 0. The monoisotopic (exact) mass is 280 g/mol. The molecule has 3 rings (SSSR count). The van der Waals surface area contributed by atoms with Crippen LogP contribution in [-0.4, -0.2) is 0 Å². The smallest absolute Gasteiger partial charge is 0.0149 e. The molecule has 0 bridgehead atoms. The predicted octanol–water partition coefficient (Wildman–Crippen LogP) is 6.62. The van der Waals surface area contributed by atoms with Crippen molar-refractivity contribution in [2.45, 2.75) is 70.6 Å². The van der Waals surface area contributed by atoms with E-state index in [2.05, 4.69) is 43.3 Å². The second-order valence-corrected chi connectivity index (χ2v) is 6.65. The maximum atomic E-state index is 2.44. The van der Waals surface area contributed by atoms with Gasteiger partial charge in [-0.25, -0.2) is 0 Å². The summed E-state index contributed by atoms with van der Waals surface area (Å²) in [5.41, 5.74) is 3.33. The Kier molecular flexibility index (Phi) is 4.95. The molecule has 0 nitrogen and oxygen atoms in total. The Morgan fingerprint density at radius 2 is 1.71 bits per heavy atom. The van der Waals surface area contributed by atoms with Crippen LogP contribution in [0, 0.1) is 0 Å². The zero-order valence-corrected chi connectivity index (χ0v) is 13.4. The molecule has 2 aromatic rings. The van der Waals surface area contributed by atoms with E-state index in [-0.39, 0.29) is 0 Å². The topological polar surface area (TPSA) is 0 Å². The number of benzene rings is 2. The van der Waals surface area contributed by atoms with Crippen LogP contribution in [0.15, 0.2) is 36.4 Å². The van der Waals surface area contributed by atoms with E-state index in [0.29, 0.717) is 0 Å². The van der Waals surface area contributed by atoms with E-state index >= 15 is 0 Å². The Morgan fingerprint density at radius 3 is 2.52 bits per heavy atom. The molecule has 0 N–H and O–H groups in total. The van der Waals surface area contributed by atoms with Crippen LogP contribution < -0.4 is 0 Å². The lowest BCUT2D eigenvalue weighted by Crippen LogP contribution is -2.08. The molecule has 0 amide bonds. The van der Waals surface area contributed by atoms with Crippen molar-refractivity contribution < 1.29 is 0 Å². The maximum Gasteiger partial charge on any atom is -0.0149 e. The normalized spacial score (nSPS) is 16.4. The van der Waals surface area contributed by atoms with Crippen molar-refractivity contribution in [3.63, 3.8) is 0 Å². The highest BCUT2D eigenvalue weighted by Crippen LogP contribution is 2.37. The second kappa shape index (κ2) is 7.11. The van der Waals surface area contributed by atoms with Crippen LogP contribution in [0.3, 0.4) is 0 Å². The number of aryl methyl sites for hydroxylation is 1. The zero-order chi connectivity index (χ0) is 14.5. The first-order valence-corrected chi connectivity index (χ1v) is 8.90. The lowest BCUT2D eigenvalue weighted by Gasteiger charge is -2.25. The molecule has 0 heteroatoms. The molecular weight excluding hydrogens is 252 g/mol. The molecule has 2 aromatic carbocycles. The van der Waals surface area contributed by atoms with Crippen molar-refractivity contribution in [3.05, 3.63) is 47.5 Å². The van der Waals surface area contributed by atoms with E-state index in [0.717, 1.165) is 5.92 Å². The molecule has 1 fully saturated rings. The summed E-state index contributed by atoms with van der Waals surface area (Å²) < 4.78 is 0. The molecule has 21 heavy (non-hydrogen) atoms. The molecule has 1 saturated carbocycles.